The van der Waals surface area contributed by atoms with Gasteiger partial charge in [-0.2, -0.15) is 0 Å². The van der Waals surface area contributed by atoms with Crippen molar-refractivity contribution in [3.63, 3.8) is 0 Å². The summed E-state index contributed by atoms with van der Waals surface area (Å²) >= 11 is 0. The third-order valence-electron chi connectivity index (χ3n) is 1.99. The number of unbranched alkanes of at least 4 members (excludes halogenated alkanes) is 2. The molecule has 0 fully saturated rings. The summed E-state index contributed by atoms with van der Waals surface area (Å²) in [4.78, 5) is 0. The molecular weight excluding hydrogens is 273 g/mol. The first-order valence-electron chi connectivity index (χ1n) is 4.81. The van der Waals surface area contributed by atoms with Crippen LogP contribution < -0.4 is 29.3 Å². The highest BCUT2D eigenvalue weighted by molar-refractivity contribution is 5.26. The van der Waals surface area contributed by atoms with Crippen LogP contribution in [-0.4, -0.2) is 6.54 Å². The van der Waals surface area contributed by atoms with Crippen molar-refractivity contribution in [1.29, 1.82) is 0 Å². The Morgan fingerprint density at radius 3 is 2.38 bits per heavy atom. The molecule has 1 nitrogen and oxygen atoms in total. The molecule has 2 N–H and O–H groups in total. The summed E-state index contributed by atoms with van der Waals surface area (Å²) in [5, 5.41) is 2.32. The summed E-state index contributed by atoms with van der Waals surface area (Å²) in [6.45, 7) is 3.46. The van der Waals surface area contributed by atoms with Crippen LogP contribution in [0.25, 0.3) is 0 Å². The van der Waals surface area contributed by atoms with Gasteiger partial charge in [0.25, 0.3) is 0 Å². The second kappa shape index (κ2) is 8.51. The zero-order valence-electron chi connectivity index (χ0n) is 8.17. The van der Waals surface area contributed by atoms with Gasteiger partial charge >= 0.3 is 0 Å². The Balaban J connectivity index is 0.00000144. The standard InChI is InChI=1S/C11H17N.HI/c1-2-3-7-10-12-11-8-5-4-6-9-11;/h4-6,8-9,12H,2-3,7,10H2,1H3;1H. The van der Waals surface area contributed by atoms with E-state index in [2.05, 4.69) is 42.6 Å². The summed E-state index contributed by atoms with van der Waals surface area (Å²) in [5.74, 6) is 0. The molecule has 0 bridgehead atoms. The van der Waals surface area contributed by atoms with Crippen molar-refractivity contribution in [2.24, 2.45) is 0 Å². The molecule has 1 aromatic rings. The third-order valence-corrected chi connectivity index (χ3v) is 1.99. The van der Waals surface area contributed by atoms with Gasteiger partial charge < -0.3 is 29.3 Å². The second-order valence-electron chi connectivity index (χ2n) is 3.11. The minimum Gasteiger partial charge on any atom is -1.00 e. The van der Waals surface area contributed by atoms with Gasteiger partial charge in [-0.25, -0.2) is 0 Å². The van der Waals surface area contributed by atoms with Gasteiger partial charge in [0, 0.05) is 0 Å². The number of rotatable bonds is 5. The van der Waals surface area contributed by atoms with Gasteiger partial charge in [0.05, 0.1) is 6.54 Å². The lowest BCUT2D eigenvalue weighted by Crippen LogP contribution is -3.00. The molecule has 0 saturated heterocycles. The minimum atomic E-state index is 0. The molecule has 0 amide bonds. The van der Waals surface area contributed by atoms with Crippen molar-refractivity contribution in [3.8, 4) is 0 Å². The van der Waals surface area contributed by atoms with Crippen LogP contribution >= 0.6 is 0 Å². The molecule has 1 rings (SSSR count). The smallest absolute Gasteiger partial charge is 0.129 e. The fourth-order valence-electron chi connectivity index (χ4n) is 1.25. The van der Waals surface area contributed by atoms with Crippen molar-refractivity contribution < 1.29 is 29.3 Å². The maximum Gasteiger partial charge on any atom is 0.129 e. The highest BCUT2D eigenvalue weighted by atomic mass is 127. The number of para-hydroxylation sites is 1. The lowest BCUT2D eigenvalue weighted by atomic mass is 10.2. The van der Waals surface area contributed by atoms with Crippen LogP contribution in [0.2, 0.25) is 0 Å². The topological polar surface area (TPSA) is 16.6 Å². The molecule has 2 heteroatoms. The Morgan fingerprint density at radius 1 is 1.08 bits per heavy atom. The molecule has 0 aliphatic heterocycles. The number of benzene rings is 1. The molecule has 0 saturated carbocycles. The Labute approximate surface area is 97.9 Å². The third kappa shape index (κ3) is 6.05. The molecule has 0 spiro atoms. The fraction of sp³-hybridized carbons (Fsp3) is 0.455. The van der Waals surface area contributed by atoms with Crippen molar-refractivity contribution in [2.75, 3.05) is 6.54 Å². The number of nitrogens with two attached hydrogens (primary N) is 1. The highest BCUT2D eigenvalue weighted by Gasteiger charge is 1.92. The van der Waals surface area contributed by atoms with Gasteiger partial charge in [-0.3, -0.25) is 0 Å². The van der Waals surface area contributed by atoms with Crippen LogP contribution in [0.15, 0.2) is 30.3 Å². The quantitative estimate of drug-likeness (QED) is 0.410. The predicted molar refractivity (Wildman–Crippen MR) is 52.4 cm³/mol. The summed E-state index contributed by atoms with van der Waals surface area (Å²) in [7, 11) is 0. The van der Waals surface area contributed by atoms with Crippen molar-refractivity contribution >= 4 is 5.69 Å². The van der Waals surface area contributed by atoms with E-state index in [0.29, 0.717) is 0 Å². The first kappa shape index (κ1) is 12.9. The Hall–Kier alpha value is -0.0900. The van der Waals surface area contributed by atoms with Crippen LogP contribution in [-0.2, 0) is 0 Å². The van der Waals surface area contributed by atoms with Crippen LogP contribution in [0.3, 0.4) is 0 Å². The van der Waals surface area contributed by atoms with Gasteiger partial charge in [0.1, 0.15) is 5.69 Å². The molecule has 1 aromatic carbocycles. The van der Waals surface area contributed by atoms with E-state index >= 15 is 0 Å². The van der Waals surface area contributed by atoms with E-state index in [1.165, 1.54) is 31.5 Å². The fourth-order valence-corrected chi connectivity index (χ4v) is 1.25. The molecule has 0 heterocycles. The largest absolute Gasteiger partial charge is 1.00 e. The molecule has 0 unspecified atom stereocenters. The first-order valence-corrected chi connectivity index (χ1v) is 4.81. The van der Waals surface area contributed by atoms with E-state index in [9.17, 15) is 0 Å². The Morgan fingerprint density at radius 2 is 1.77 bits per heavy atom. The van der Waals surface area contributed by atoms with Gasteiger partial charge in [-0.15, -0.1) is 0 Å². The lowest BCUT2D eigenvalue weighted by molar-refractivity contribution is -0.572. The van der Waals surface area contributed by atoms with Gasteiger partial charge in [0.15, 0.2) is 0 Å². The number of hydrogen-bond acceptors (Lipinski definition) is 0. The summed E-state index contributed by atoms with van der Waals surface area (Å²) < 4.78 is 0. The Bertz CT molecular complexity index is 199. The highest BCUT2D eigenvalue weighted by Crippen LogP contribution is 1.96. The average molecular weight is 291 g/mol. The molecular formula is C11H18IN. The number of hydrogen-bond donors (Lipinski definition) is 1. The van der Waals surface area contributed by atoms with E-state index in [1.807, 2.05) is 0 Å². The van der Waals surface area contributed by atoms with Crippen molar-refractivity contribution in [1.82, 2.24) is 0 Å². The maximum absolute atomic E-state index is 2.32. The van der Waals surface area contributed by atoms with Crippen molar-refractivity contribution in [2.45, 2.75) is 26.2 Å². The van der Waals surface area contributed by atoms with E-state index < -0.39 is 0 Å². The maximum atomic E-state index is 2.32. The molecule has 13 heavy (non-hydrogen) atoms. The second-order valence-corrected chi connectivity index (χ2v) is 3.11. The summed E-state index contributed by atoms with van der Waals surface area (Å²) in [5.41, 5.74) is 1.36. The zero-order chi connectivity index (χ0) is 8.65. The molecule has 0 atom stereocenters. The predicted octanol–water partition coefficient (Wildman–Crippen LogP) is -0.924. The van der Waals surface area contributed by atoms with E-state index in [-0.39, 0.29) is 24.0 Å². The molecule has 0 radical (unpaired) electrons. The molecule has 74 valence electrons. The van der Waals surface area contributed by atoms with E-state index in [4.69, 9.17) is 0 Å². The first-order chi connectivity index (χ1) is 5.93. The summed E-state index contributed by atoms with van der Waals surface area (Å²) in [6.07, 6.45) is 3.98. The van der Waals surface area contributed by atoms with Crippen LogP contribution in [0.4, 0.5) is 5.69 Å². The average Bonchev–Trinajstić information content (AvgIpc) is 2.14. The number of quaternary nitrogens is 1. The summed E-state index contributed by atoms with van der Waals surface area (Å²) in [6, 6.07) is 10.6. The monoisotopic (exact) mass is 291 g/mol. The Kier molecular flexibility index (Phi) is 8.45. The molecule has 0 aliphatic rings. The van der Waals surface area contributed by atoms with Crippen LogP contribution in [0, 0.1) is 0 Å². The molecule has 0 aliphatic carbocycles. The lowest BCUT2D eigenvalue weighted by Gasteiger charge is -1.98. The van der Waals surface area contributed by atoms with Crippen LogP contribution in [0.5, 0.6) is 0 Å². The van der Waals surface area contributed by atoms with Gasteiger partial charge in [0.2, 0.25) is 0 Å². The normalized spacial score (nSPS) is 9.31. The van der Waals surface area contributed by atoms with Crippen molar-refractivity contribution in [3.05, 3.63) is 30.3 Å². The molecule has 0 aromatic heterocycles. The van der Waals surface area contributed by atoms with Crippen LogP contribution in [0.1, 0.15) is 26.2 Å². The van der Waals surface area contributed by atoms with E-state index in [1.54, 1.807) is 0 Å². The zero-order valence-corrected chi connectivity index (χ0v) is 10.3. The van der Waals surface area contributed by atoms with E-state index in [0.717, 1.165) is 0 Å². The minimum absolute atomic E-state index is 0. The van der Waals surface area contributed by atoms with Gasteiger partial charge in [-0.05, 0) is 25.0 Å². The SMILES string of the molecule is CCCCC[NH2+]c1ccccc1.[I-]. The van der Waals surface area contributed by atoms with Gasteiger partial charge in [-0.1, -0.05) is 31.5 Å². The number of halogens is 1.